The number of phenols is 1. The van der Waals surface area contributed by atoms with Crippen LogP contribution < -0.4 is 15.9 Å². The lowest BCUT2D eigenvalue weighted by molar-refractivity contribution is 0.147. The van der Waals surface area contributed by atoms with E-state index in [4.69, 9.17) is 10.5 Å². The van der Waals surface area contributed by atoms with Crippen molar-refractivity contribution < 1.29 is 14.6 Å². The van der Waals surface area contributed by atoms with E-state index in [1.165, 1.54) is 32.1 Å². The van der Waals surface area contributed by atoms with Crippen molar-refractivity contribution >= 4 is 27.6 Å². The zero-order valence-corrected chi connectivity index (χ0v) is 15.4. The molecule has 7 nitrogen and oxygen atoms in total. The van der Waals surface area contributed by atoms with Gasteiger partial charge in [0.25, 0.3) is 0 Å². The molecule has 5 N–H and O–H groups in total. The normalized spacial score (nSPS) is 16.6. The fourth-order valence-electron chi connectivity index (χ4n) is 3.64. The first-order chi connectivity index (χ1) is 12.5. The predicted molar refractivity (Wildman–Crippen MR) is 102 cm³/mol. The van der Waals surface area contributed by atoms with Crippen molar-refractivity contribution in [2.24, 2.45) is 5.73 Å². The number of amides is 1. The van der Waals surface area contributed by atoms with Gasteiger partial charge in [0, 0.05) is 12.0 Å². The Morgan fingerprint density at radius 3 is 2.88 bits per heavy atom. The number of hydrogen-bond acceptors (Lipinski definition) is 6. The molecule has 8 heteroatoms. The van der Waals surface area contributed by atoms with E-state index >= 15 is 0 Å². The van der Waals surface area contributed by atoms with Crippen molar-refractivity contribution in [1.82, 2.24) is 10.3 Å². The molecule has 1 aliphatic carbocycles. The minimum absolute atomic E-state index is 0.0389. The van der Waals surface area contributed by atoms with Crippen LogP contribution in [-0.4, -0.2) is 35.4 Å². The van der Waals surface area contributed by atoms with Crippen molar-refractivity contribution in [2.75, 3.05) is 13.2 Å². The summed E-state index contributed by atoms with van der Waals surface area (Å²) in [4.78, 5) is 25.2. The third kappa shape index (κ3) is 4.56. The molecular formula is C18H25N3O4S. The van der Waals surface area contributed by atoms with Gasteiger partial charge >= 0.3 is 11.0 Å². The smallest absolute Gasteiger partial charge is 0.404 e. The van der Waals surface area contributed by atoms with Gasteiger partial charge in [0.15, 0.2) is 0 Å². The molecule has 1 unspecified atom stereocenters. The Bertz CT molecular complexity index is 810. The van der Waals surface area contributed by atoms with Gasteiger partial charge < -0.3 is 25.9 Å². The number of aromatic hydroxyl groups is 1. The average Bonchev–Trinajstić information content (AvgIpc) is 3.02. The second-order valence-corrected chi connectivity index (χ2v) is 7.78. The van der Waals surface area contributed by atoms with Crippen LogP contribution in [0.25, 0.3) is 10.2 Å². The van der Waals surface area contributed by atoms with Crippen LogP contribution in [0.2, 0.25) is 0 Å². The second-order valence-electron chi connectivity index (χ2n) is 6.80. The number of ether oxygens (including phenoxy) is 1. The van der Waals surface area contributed by atoms with Gasteiger partial charge in [0.05, 0.1) is 4.70 Å². The molecule has 1 heterocycles. The summed E-state index contributed by atoms with van der Waals surface area (Å²) < 4.78 is 5.75. The first kappa shape index (κ1) is 18.7. The first-order valence-corrected chi connectivity index (χ1v) is 9.86. The fourth-order valence-corrected chi connectivity index (χ4v) is 4.59. The second kappa shape index (κ2) is 8.55. The summed E-state index contributed by atoms with van der Waals surface area (Å²) in [6.07, 6.45) is 6.17. The van der Waals surface area contributed by atoms with Crippen LogP contribution in [0, 0.1) is 0 Å². The Morgan fingerprint density at radius 2 is 2.15 bits per heavy atom. The van der Waals surface area contributed by atoms with Crippen LogP contribution in [0.15, 0.2) is 16.9 Å². The maximum atomic E-state index is 11.7. The van der Waals surface area contributed by atoms with E-state index in [2.05, 4.69) is 10.3 Å². The topological polar surface area (TPSA) is 117 Å². The number of nitrogens with one attached hydrogen (secondary N) is 2. The van der Waals surface area contributed by atoms with Crippen LogP contribution in [0.1, 0.15) is 50.0 Å². The van der Waals surface area contributed by atoms with Gasteiger partial charge in [0.2, 0.25) is 0 Å². The van der Waals surface area contributed by atoms with Gasteiger partial charge in [-0.25, -0.2) is 4.79 Å². The van der Waals surface area contributed by atoms with Crippen LogP contribution in [-0.2, 0) is 4.74 Å². The Labute approximate surface area is 155 Å². The Morgan fingerprint density at radius 1 is 1.38 bits per heavy atom. The number of primary amides is 1. The summed E-state index contributed by atoms with van der Waals surface area (Å²) in [5.74, 6) is -0.0647. The predicted octanol–water partition coefficient (Wildman–Crippen LogP) is 2.79. The van der Waals surface area contributed by atoms with Crippen molar-refractivity contribution in [3.8, 4) is 5.75 Å². The molecule has 1 aliphatic rings. The highest BCUT2D eigenvalue weighted by Crippen LogP contribution is 2.33. The Kier molecular flexibility index (Phi) is 6.16. The minimum atomic E-state index is -0.812. The first-order valence-electron chi connectivity index (χ1n) is 9.05. The largest absolute Gasteiger partial charge is 0.506 e. The lowest BCUT2D eigenvalue weighted by Crippen LogP contribution is -2.33. The fraction of sp³-hybridized carbons (Fsp3) is 0.556. The highest BCUT2D eigenvalue weighted by molar-refractivity contribution is 7.16. The van der Waals surface area contributed by atoms with Crippen molar-refractivity contribution in [3.05, 3.63) is 27.4 Å². The van der Waals surface area contributed by atoms with E-state index in [-0.39, 0.29) is 23.1 Å². The number of thiazole rings is 1. The van der Waals surface area contributed by atoms with Crippen molar-refractivity contribution in [2.45, 2.75) is 50.5 Å². The summed E-state index contributed by atoms with van der Waals surface area (Å²) in [7, 11) is 0. The molecule has 0 spiro atoms. The van der Waals surface area contributed by atoms with Crippen molar-refractivity contribution in [3.63, 3.8) is 0 Å². The zero-order valence-electron chi connectivity index (χ0n) is 14.6. The minimum Gasteiger partial charge on any atom is -0.506 e. The van der Waals surface area contributed by atoms with E-state index in [0.29, 0.717) is 16.3 Å². The number of hydrogen-bond donors (Lipinski definition) is 4. The third-order valence-corrected chi connectivity index (χ3v) is 5.92. The molecule has 1 aromatic heterocycles. The molecule has 2 aromatic rings. The summed E-state index contributed by atoms with van der Waals surface area (Å²) in [5.41, 5.74) is 6.45. The molecule has 1 fully saturated rings. The van der Waals surface area contributed by atoms with E-state index in [9.17, 15) is 14.7 Å². The van der Waals surface area contributed by atoms with Gasteiger partial charge in [-0.1, -0.05) is 36.7 Å². The SMILES string of the molecule is NC(=O)OCC(CCNC1CCCCC1)c1ccc(O)c2[nH]c(=O)sc12. The molecule has 142 valence electrons. The molecule has 0 bridgehead atoms. The highest BCUT2D eigenvalue weighted by atomic mass is 32.1. The molecule has 1 aromatic carbocycles. The summed E-state index contributed by atoms with van der Waals surface area (Å²) in [5, 5.41) is 13.6. The molecule has 1 saturated carbocycles. The number of benzene rings is 1. The lowest BCUT2D eigenvalue weighted by Gasteiger charge is -2.24. The maximum Gasteiger partial charge on any atom is 0.404 e. The number of aromatic amines is 1. The van der Waals surface area contributed by atoms with Crippen LogP contribution in [0.3, 0.4) is 0 Å². The van der Waals surface area contributed by atoms with Crippen LogP contribution >= 0.6 is 11.3 Å². The van der Waals surface area contributed by atoms with E-state index < -0.39 is 6.09 Å². The monoisotopic (exact) mass is 379 g/mol. The number of nitrogens with two attached hydrogens (primary N) is 1. The standard InChI is InChI=1S/C18H25N3O4S/c19-17(23)25-10-11(8-9-20-12-4-2-1-3-5-12)13-6-7-14(22)15-16(13)26-18(24)21-15/h6-7,11-12,20,22H,1-5,8-10H2,(H2,19,23)(H,21,24). The van der Waals surface area contributed by atoms with Gasteiger partial charge in [-0.15, -0.1) is 0 Å². The number of phenolic OH excluding ortho intramolecular Hbond substituents is 1. The molecule has 0 radical (unpaired) electrons. The summed E-state index contributed by atoms with van der Waals surface area (Å²) in [6.45, 7) is 0.937. The number of aromatic nitrogens is 1. The van der Waals surface area contributed by atoms with Crippen LogP contribution in [0.5, 0.6) is 5.75 Å². The van der Waals surface area contributed by atoms with Gasteiger partial charge in [-0.2, -0.15) is 0 Å². The maximum absolute atomic E-state index is 11.7. The number of carbonyl (C=O) groups excluding carboxylic acids is 1. The van der Waals surface area contributed by atoms with Gasteiger partial charge in [-0.05, 0) is 37.4 Å². The lowest BCUT2D eigenvalue weighted by atomic mass is 9.93. The Balaban J connectivity index is 1.76. The molecular weight excluding hydrogens is 354 g/mol. The molecule has 1 atom stereocenters. The van der Waals surface area contributed by atoms with Gasteiger partial charge in [-0.3, -0.25) is 4.79 Å². The van der Waals surface area contributed by atoms with Crippen LogP contribution in [0.4, 0.5) is 4.79 Å². The molecule has 0 saturated heterocycles. The quantitative estimate of drug-likeness (QED) is 0.590. The summed E-state index contributed by atoms with van der Waals surface area (Å²) in [6, 6.07) is 3.90. The number of fused-ring (bicyclic) bond motifs is 1. The zero-order chi connectivity index (χ0) is 18.5. The average molecular weight is 379 g/mol. The number of carbonyl (C=O) groups is 1. The van der Waals surface area contributed by atoms with Gasteiger partial charge in [0.1, 0.15) is 17.9 Å². The number of H-pyrrole nitrogens is 1. The third-order valence-electron chi connectivity index (χ3n) is 4.99. The molecule has 1 amide bonds. The van der Waals surface area contributed by atoms with Crippen molar-refractivity contribution in [1.29, 1.82) is 0 Å². The molecule has 3 rings (SSSR count). The molecule has 0 aliphatic heterocycles. The highest BCUT2D eigenvalue weighted by Gasteiger charge is 2.20. The summed E-state index contributed by atoms with van der Waals surface area (Å²) >= 11 is 1.05. The number of rotatable bonds is 7. The van der Waals surface area contributed by atoms with E-state index in [1.54, 1.807) is 12.1 Å². The van der Waals surface area contributed by atoms with E-state index in [0.717, 1.165) is 29.9 Å². The van der Waals surface area contributed by atoms with E-state index in [1.807, 2.05) is 0 Å². The molecule has 26 heavy (non-hydrogen) atoms. The Hall–Kier alpha value is -2.06.